The Morgan fingerprint density at radius 3 is 2.42 bits per heavy atom. The van der Waals surface area contributed by atoms with Crippen molar-refractivity contribution in [3.8, 4) is 0 Å². The molecule has 0 aliphatic carbocycles. The van der Waals surface area contributed by atoms with Crippen LogP contribution in [0, 0.1) is 0 Å². The first-order chi connectivity index (χ1) is 5.70. The molecule has 0 saturated heterocycles. The Morgan fingerprint density at radius 2 is 1.92 bits per heavy atom. The maximum Gasteiger partial charge on any atom is 0.0911 e. The van der Waals surface area contributed by atoms with Crippen molar-refractivity contribution in [1.29, 1.82) is 0 Å². The zero-order valence-electron chi connectivity index (χ0n) is 7.36. The normalized spacial score (nSPS) is 13.2. The van der Waals surface area contributed by atoms with Crippen LogP contribution in [0.25, 0.3) is 0 Å². The van der Waals surface area contributed by atoms with E-state index in [0.717, 1.165) is 6.54 Å². The molecule has 0 N–H and O–H groups in total. The van der Waals surface area contributed by atoms with Gasteiger partial charge in [-0.15, -0.1) is 0 Å². The highest BCUT2D eigenvalue weighted by Gasteiger charge is 2.01. The van der Waals surface area contributed by atoms with Gasteiger partial charge in [-0.2, -0.15) is 0 Å². The van der Waals surface area contributed by atoms with E-state index in [-0.39, 0.29) is 0 Å². The summed E-state index contributed by atoms with van der Waals surface area (Å²) < 4.78 is 12.8. The molecule has 0 radical (unpaired) electrons. The first kappa shape index (κ1) is 9.42. The third kappa shape index (κ3) is 2.75. The second-order valence-corrected chi connectivity index (χ2v) is 4.17. The minimum atomic E-state index is -0.877. The predicted octanol–water partition coefficient (Wildman–Crippen LogP) is 1.41. The van der Waals surface area contributed by atoms with Gasteiger partial charge in [-0.25, -0.2) is 8.51 Å². The van der Waals surface area contributed by atoms with Crippen molar-refractivity contribution < 1.29 is 4.21 Å². The summed E-state index contributed by atoms with van der Waals surface area (Å²) in [5.74, 6) is 0. The quantitative estimate of drug-likeness (QED) is 0.694. The van der Waals surface area contributed by atoms with Crippen LogP contribution < -0.4 is 0 Å². The summed E-state index contributed by atoms with van der Waals surface area (Å²) in [6, 6.07) is 10.0. The van der Waals surface area contributed by atoms with Crippen LogP contribution >= 0.6 is 0 Å². The molecule has 1 rings (SSSR count). The molecular formula is C9H13NOS. The van der Waals surface area contributed by atoms with E-state index < -0.39 is 11.0 Å². The highest BCUT2D eigenvalue weighted by molar-refractivity contribution is 7.81. The molecule has 1 aromatic rings. The maximum absolute atomic E-state index is 11.0. The van der Waals surface area contributed by atoms with Gasteiger partial charge < -0.3 is 0 Å². The Labute approximate surface area is 75.8 Å². The highest BCUT2D eigenvalue weighted by atomic mass is 32.2. The first-order valence-electron chi connectivity index (χ1n) is 3.79. The first-order valence-corrected chi connectivity index (χ1v) is 5.30. The minimum Gasteiger partial charge on any atom is -0.243 e. The molecular weight excluding hydrogens is 170 g/mol. The Kier molecular flexibility index (Phi) is 3.44. The summed E-state index contributed by atoms with van der Waals surface area (Å²) in [7, 11) is 0.973. The molecule has 3 heteroatoms. The summed E-state index contributed by atoms with van der Waals surface area (Å²) in [6.07, 6.45) is 1.68. The zero-order chi connectivity index (χ0) is 8.97. The van der Waals surface area contributed by atoms with E-state index in [4.69, 9.17) is 0 Å². The van der Waals surface area contributed by atoms with Gasteiger partial charge in [-0.3, -0.25) is 0 Å². The van der Waals surface area contributed by atoms with Crippen LogP contribution in [-0.2, 0) is 17.5 Å². The molecule has 2 nitrogen and oxygen atoms in total. The van der Waals surface area contributed by atoms with Gasteiger partial charge in [0.1, 0.15) is 0 Å². The highest BCUT2D eigenvalue weighted by Crippen LogP contribution is 2.02. The monoisotopic (exact) mass is 183 g/mol. The molecule has 1 atom stereocenters. The SMILES string of the molecule is CN(Cc1ccccc1)S(C)=O. The third-order valence-electron chi connectivity index (χ3n) is 1.69. The van der Waals surface area contributed by atoms with Crippen molar-refractivity contribution >= 4 is 11.0 Å². The van der Waals surface area contributed by atoms with Crippen molar-refractivity contribution in [3.05, 3.63) is 35.9 Å². The standard InChI is InChI=1S/C9H13NOS/c1-10(12(2)11)8-9-6-4-3-5-7-9/h3-7H,8H2,1-2H3. The molecule has 0 spiro atoms. The lowest BCUT2D eigenvalue weighted by molar-refractivity contribution is 0.524. The van der Waals surface area contributed by atoms with Crippen molar-refractivity contribution in [1.82, 2.24) is 4.31 Å². The van der Waals surface area contributed by atoms with Gasteiger partial charge in [0.25, 0.3) is 0 Å². The average Bonchev–Trinajstić information content (AvgIpc) is 2.06. The second-order valence-electron chi connectivity index (χ2n) is 2.70. The Balaban J connectivity index is 2.58. The van der Waals surface area contributed by atoms with E-state index in [1.165, 1.54) is 5.56 Å². The lowest BCUT2D eigenvalue weighted by atomic mass is 10.2. The largest absolute Gasteiger partial charge is 0.243 e. The third-order valence-corrected chi connectivity index (χ3v) is 2.69. The van der Waals surface area contributed by atoms with Crippen LogP contribution in [0.3, 0.4) is 0 Å². The van der Waals surface area contributed by atoms with Crippen molar-refractivity contribution in [2.75, 3.05) is 13.3 Å². The maximum atomic E-state index is 11.0. The van der Waals surface area contributed by atoms with E-state index in [9.17, 15) is 4.21 Å². The Bertz CT molecular complexity index is 260. The molecule has 66 valence electrons. The van der Waals surface area contributed by atoms with Crippen LogP contribution in [0.1, 0.15) is 5.56 Å². The fourth-order valence-corrected chi connectivity index (χ4v) is 1.26. The number of benzene rings is 1. The van der Waals surface area contributed by atoms with Crippen molar-refractivity contribution in [2.24, 2.45) is 0 Å². The molecule has 0 aromatic heterocycles. The van der Waals surface area contributed by atoms with Gasteiger partial charge in [0, 0.05) is 19.8 Å². The van der Waals surface area contributed by atoms with E-state index in [1.807, 2.05) is 37.4 Å². The van der Waals surface area contributed by atoms with Gasteiger partial charge in [0.15, 0.2) is 0 Å². The predicted molar refractivity (Wildman–Crippen MR) is 52.0 cm³/mol. The minimum absolute atomic E-state index is 0.740. The van der Waals surface area contributed by atoms with Crippen LogP contribution in [0.4, 0.5) is 0 Å². The lowest BCUT2D eigenvalue weighted by Gasteiger charge is -2.12. The van der Waals surface area contributed by atoms with Crippen LogP contribution in [0.5, 0.6) is 0 Å². The van der Waals surface area contributed by atoms with E-state index in [1.54, 1.807) is 10.6 Å². The van der Waals surface area contributed by atoms with E-state index in [2.05, 4.69) is 0 Å². The summed E-state index contributed by atoms with van der Waals surface area (Å²) in [5.41, 5.74) is 1.19. The topological polar surface area (TPSA) is 20.3 Å². The van der Waals surface area contributed by atoms with Crippen LogP contribution in [-0.4, -0.2) is 21.8 Å². The summed E-state index contributed by atoms with van der Waals surface area (Å²) in [5, 5.41) is 0. The van der Waals surface area contributed by atoms with Crippen LogP contribution in [0.2, 0.25) is 0 Å². The molecule has 1 aromatic carbocycles. The molecule has 0 bridgehead atoms. The molecule has 12 heavy (non-hydrogen) atoms. The fraction of sp³-hybridized carbons (Fsp3) is 0.333. The van der Waals surface area contributed by atoms with Gasteiger partial charge in [0.05, 0.1) is 11.0 Å². The summed E-state index contributed by atoms with van der Waals surface area (Å²) >= 11 is 0. The number of rotatable bonds is 3. The van der Waals surface area contributed by atoms with E-state index in [0.29, 0.717) is 0 Å². The zero-order valence-corrected chi connectivity index (χ0v) is 8.17. The number of nitrogens with zero attached hydrogens (tertiary/aromatic N) is 1. The molecule has 0 aliphatic rings. The number of hydrogen-bond acceptors (Lipinski definition) is 1. The van der Waals surface area contributed by atoms with Crippen LogP contribution in [0.15, 0.2) is 30.3 Å². The molecule has 0 amide bonds. The molecule has 0 heterocycles. The lowest BCUT2D eigenvalue weighted by Crippen LogP contribution is -2.19. The number of hydrogen-bond donors (Lipinski definition) is 0. The van der Waals surface area contributed by atoms with Crippen molar-refractivity contribution in [2.45, 2.75) is 6.54 Å². The Morgan fingerprint density at radius 1 is 1.33 bits per heavy atom. The van der Waals surface area contributed by atoms with Gasteiger partial charge >= 0.3 is 0 Å². The van der Waals surface area contributed by atoms with Gasteiger partial charge in [0.2, 0.25) is 0 Å². The van der Waals surface area contributed by atoms with E-state index >= 15 is 0 Å². The molecule has 0 saturated carbocycles. The smallest absolute Gasteiger partial charge is 0.0911 e. The molecule has 1 unspecified atom stereocenters. The summed E-state index contributed by atoms with van der Waals surface area (Å²) in [6.45, 7) is 0.740. The molecule has 0 aliphatic heterocycles. The van der Waals surface area contributed by atoms with Gasteiger partial charge in [-0.1, -0.05) is 30.3 Å². The van der Waals surface area contributed by atoms with Crippen molar-refractivity contribution in [3.63, 3.8) is 0 Å². The molecule has 0 fully saturated rings. The second kappa shape index (κ2) is 4.38. The van der Waals surface area contributed by atoms with Gasteiger partial charge in [-0.05, 0) is 5.56 Å². The Hall–Kier alpha value is -0.670. The average molecular weight is 183 g/mol. The fourth-order valence-electron chi connectivity index (χ4n) is 0.931. The summed E-state index contributed by atoms with van der Waals surface area (Å²) in [4.78, 5) is 0.